The van der Waals surface area contributed by atoms with E-state index in [1.165, 1.54) is 4.88 Å². The quantitative estimate of drug-likeness (QED) is 0.468. The SMILES string of the molecule is CCNC(=NCc1ncc(CC)s1)NC(C)C.I. The Morgan fingerprint density at radius 3 is 2.67 bits per heavy atom. The molecule has 0 aromatic carbocycles. The summed E-state index contributed by atoms with van der Waals surface area (Å²) in [5, 5.41) is 7.58. The highest BCUT2D eigenvalue weighted by Crippen LogP contribution is 2.13. The molecule has 18 heavy (non-hydrogen) atoms. The van der Waals surface area contributed by atoms with Crippen molar-refractivity contribution in [3.63, 3.8) is 0 Å². The van der Waals surface area contributed by atoms with Crippen molar-refractivity contribution < 1.29 is 0 Å². The molecule has 104 valence electrons. The predicted octanol–water partition coefficient (Wildman–Crippen LogP) is 2.79. The molecule has 0 saturated carbocycles. The van der Waals surface area contributed by atoms with Crippen LogP contribution in [0.15, 0.2) is 11.2 Å². The summed E-state index contributed by atoms with van der Waals surface area (Å²) in [6.07, 6.45) is 2.99. The van der Waals surface area contributed by atoms with Crippen LogP contribution in [0.3, 0.4) is 0 Å². The molecule has 0 unspecified atom stereocenters. The minimum absolute atomic E-state index is 0. The third-order valence-electron chi connectivity index (χ3n) is 2.09. The smallest absolute Gasteiger partial charge is 0.191 e. The number of aryl methyl sites for hydroxylation is 1. The predicted molar refractivity (Wildman–Crippen MR) is 90.0 cm³/mol. The second kappa shape index (κ2) is 9.55. The molecule has 1 aromatic heterocycles. The van der Waals surface area contributed by atoms with E-state index in [1.807, 2.05) is 6.20 Å². The molecule has 0 spiro atoms. The van der Waals surface area contributed by atoms with Gasteiger partial charge in [0.1, 0.15) is 5.01 Å². The molecule has 0 aliphatic rings. The first kappa shape index (κ1) is 17.6. The third kappa shape index (κ3) is 6.53. The van der Waals surface area contributed by atoms with Gasteiger partial charge >= 0.3 is 0 Å². The van der Waals surface area contributed by atoms with Crippen molar-refractivity contribution in [2.75, 3.05) is 6.54 Å². The van der Waals surface area contributed by atoms with Crippen LogP contribution < -0.4 is 10.6 Å². The average Bonchev–Trinajstić information content (AvgIpc) is 2.73. The molecule has 0 radical (unpaired) electrons. The van der Waals surface area contributed by atoms with Crippen LogP contribution in [-0.4, -0.2) is 23.5 Å². The summed E-state index contributed by atoms with van der Waals surface area (Å²) in [7, 11) is 0. The number of hydrogen-bond donors (Lipinski definition) is 2. The van der Waals surface area contributed by atoms with Gasteiger partial charge in [-0.05, 0) is 27.2 Å². The van der Waals surface area contributed by atoms with Gasteiger partial charge in [0.05, 0.1) is 6.54 Å². The van der Waals surface area contributed by atoms with Gasteiger partial charge in [0.15, 0.2) is 5.96 Å². The summed E-state index contributed by atoms with van der Waals surface area (Å²) >= 11 is 1.74. The lowest BCUT2D eigenvalue weighted by Crippen LogP contribution is -2.40. The second-order valence-corrected chi connectivity index (χ2v) is 5.27. The van der Waals surface area contributed by atoms with Gasteiger partial charge in [-0.3, -0.25) is 0 Å². The maximum Gasteiger partial charge on any atom is 0.191 e. The molecule has 0 aliphatic heterocycles. The van der Waals surface area contributed by atoms with Gasteiger partial charge in [-0.1, -0.05) is 6.92 Å². The molecular formula is C12H23IN4S. The lowest BCUT2D eigenvalue weighted by Gasteiger charge is -2.13. The maximum atomic E-state index is 4.51. The number of aliphatic imine (C=N–C) groups is 1. The van der Waals surface area contributed by atoms with Crippen molar-refractivity contribution in [2.24, 2.45) is 4.99 Å². The zero-order chi connectivity index (χ0) is 12.7. The Kier molecular flexibility index (Phi) is 9.35. The fourth-order valence-electron chi connectivity index (χ4n) is 1.32. The molecule has 6 heteroatoms. The summed E-state index contributed by atoms with van der Waals surface area (Å²) in [6, 6.07) is 0.385. The van der Waals surface area contributed by atoms with E-state index in [2.05, 4.69) is 48.3 Å². The lowest BCUT2D eigenvalue weighted by atomic mass is 10.4. The van der Waals surface area contributed by atoms with Gasteiger partial charge in [0, 0.05) is 23.7 Å². The van der Waals surface area contributed by atoms with E-state index in [1.54, 1.807) is 11.3 Å². The zero-order valence-electron chi connectivity index (χ0n) is 11.5. The van der Waals surface area contributed by atoms with E-state index < -0.39 is 0 Å². The summed E-state index contributed by atoms with van der Waals surface area (Å²) < 4.78 is 0. The first-order valence-corrected chi connectivity index (χ1v) is 6.95. The molecule has 0 fully saturated rings. The highest BCUT2D eigenvalue weighted by Gasteiger charge is 2.02. The van der Waals surface area contributed by atoms with Crippen LogP contribution in [0.1, 0.15) is 37.6 Å². The van der Waals surface area contributed by atoms with E-state index in [-0.39, 0.29) is 24.0 Å². The Bertz CT molecular complexity index is 363. The van der Waals surface area contributed by atoms with Gasteiger partial charge in [0.2, 0.25) is 0 Å². The molecule has 2 N–H and O–H groups in total. The highest BCUT2D eigenvalue weighted by atomic mass is 127. The fraction of sp³-hybridized carbons (Fsp3) is 0.667. The van der Waals surface area contributed by atoms with Gasteiger partial charge in [-0.25, -0.2) is 9.98 Å². The number of halogens is 1. The van der Waals surface area contributed by atoms with E-state index in [4.69, 9.17) is 0 Å². The summed E-state index contributed by atoms with van der Waals surface area (Å²) in [4.78, 5) is 10.2. The van der Waals surface area contributed by atoms with Crippen molar-refractivity contribution in [3.8, 4) is 0 Å². The first-order valence-electron chi connectivity index (χ1n) is 6.14. The van der Waals surface area contributed by atoms with Gasteiger partial charge in [-0.15, -0.1) is 35.3 Å². The van der Waals surface area contributed by atoms with Crippen LogP contribution in [0.25, 0.3) is 0 Å². The number of hydrogen-bond acceptors (Lipinski definition) is 3. The molecule has 1 rings (SSSR count). The van der Waals surface area contributed by atoms with Crippen LogP contribution in [0.5, 0.6) is 0 Å². The molecule has 0 bridgehead atoms. The van der Waals surface area contributed by atoms with Crippen molar-refractivity contribution in [1.82, 2.24) is 15.6 Å². The lowest BCUT2D eigenvalue weighted by molar-refractivity contribution is 0.700. The van der Waals surface area contributed by atoms with Gasteiger partial charge < -0.3 is 10.6 Å². The van der Waals surface area contributed by atoms with Crippen molar-refractivity contribution >= 4 is 41.3 Å². The van der Waals surface area contributed by atoms with Crippen molar-refractivity contribution in [3.05, 3.63) is 16.1 Å². The third-order valence-corrected chi connectivity index (χ3v) is 3.22. The Morgan fingerprint density at radius 1 is 1.44 bits per heavy atom. The van der Waals surface area contributed by atoms with Gasteiger partial charge in [0.25, 0.3) is 0 Å². The first-order chi connectivity index (χ1) is 8.15. The number of guanidine groups is 1. The maximum absolute atomic E-state index is 4.51. The van der Waals surface area contributed by atoms with Gasteiger partial charge in [-0.2, -0.15) is 0 Å². The van der Waals surface area contributed by atoms with Crippen LogP contribution in [0, 0.1) is 0 Å². The Hall–Kier alpha value is -0.370. The summed E-state index contributed by atoms with van der Waals surface area (Å²) in [6.45, 7) is 9.93. The molecule has 0 saturated heterocycles. The van der Waals surface area contributed by atoms with Crippen LogP contribution in [0.2, 0.25) is 0 Å². The van der Waals surface area contributed by atoms with Crippen LogP contribution >= 0.6 is 35.3 Å². The minimum Gasteiger partial charge on any atom is -0.357 e. The molecule has 0 amide bonds. The summed E-state index contributed by atoms with van der Waals surface area (Å²) in [5.74, 6) is 0.857. The topological polar surface area (TPSA) is 49.3 Å². The number of rotatable bonds is 5. The van der Waals surface area contributed by atoms with Crippen molar-refractivity contribution in [1.29, 1.82) is 0 Å². The van der Waals surface area contributed by atoms with E-state index >= 15 is 0 Å². The number of nitrogens with zero attached hydrogens (tertiary/aromatic N) is 2. The Labute approximate surface area is 131 Å². The monoisotopic (exact) mass is 382 g/mol. The Morgan fingerprint density at radius 2 is 2.17 bits per heavy atom. The number of thiazole rings is 1. The second-order valence-electron chi connectivity index (χ2n) is 4.07. The molecular weight excluding hydrogens is 359 g/mol. The molecule has 1 aromatic rings. The zero-order valence-corrected chi connectivity index (χ0v) is 14.6. The molecule has 0 aliphatic carbocycles. The number of nitrogens with one attached hydrogen (secondary N) is 2. The van der Waals surface area contributed by atoms with Crippen molar-refractivity contribution in [2.45, 2.75) is 46.7 Å². The van der Waals surface area contributed by atoms with Crippen LogP contribution in [-0.2, 0) is 13.0 Å². The normalized spacial score (nSPS) is 11.3. The average molecular weight is 382 g/mol. The largest absolute Gasteiger partial charge is 0.357 e. The highest BCUT2D eigenvalue weighted by molar-refractivity contribution is 14.0. The van der Waals surface area contributed by atoms with E-state index in [9.17, 15) is 0 Å². The molecule has 0 atom stereocenters. The summed E-state index contributed by atoms with van der Waals surface area (Å²) in [5.41, 5.74) is 0. The van der Waals surface area contributed by atoms with E-state index in [0.717, 1.165) is 23.9 Å². The molecule has 4 nitrogen and oxygen atoms in total. The number of aromatic nitrogens is 1. The van der Waals surface area contributed by atoms with Crippen LogP contribution in [0.4, 0.5) is 0 Å². The van der Waals surface area contributed by atoms with E-state index in [0.29, 0.717) is 12.6 Å². The fourth-order valence-corrected chi connectivity index (χ4v) is 2.11. The minimum atomic E-state index is 0. The molecule has 1 heterocycles. The Balaban J connectivity index is 0.00000289. The standard InChI is InChI=1S/C12H22N4S.HI/c1-5-10-7-14-11(17-10)8-15-12(13-6-2)16-9(3)4;/h7,9H,5-6,8H2,1-4H3,(H2,13,15,16);1H.